The van der Waals surface area contributed by atoms with Crippen molar-refractivity contribution in [2.75, 3.05) is 20.1 Å². The molecule has 1 saturated heterocycles. The van der Waals surface area contributed by atoms with Gasteiger partial charge in [0.1, 0.15) is 0 Å². The van der Waals surface area contributed by atoms with Crippen molar-refractivity contribution in [1.82, 2.24) is 10.2 Å². The average molecular weight is 261 g/mol. The highest BCUT2D eigenvalue weighted by Crippen LogP contribution is 2.10. The van der Waals surface area contributed by atoms with Gasteiger partial charge in [-0.2, -0.15) is 0 Å². The second-order valence-electron chi connectivity index (χ2n) is 4.92. The zero-order valence-electron chi connectivity index (χ0n) is 11.1. The molecule has 1 aliphatic rings. The molecule has 2 rings (SSSR count). The molecule has 5 nitrogen and oxygen atoms in total. The smallest absolute Gasteiger partial charge is 0.253 e. The van der Waals surface area contributed by atoms with E-state index in [1.165, 1.54) is 0 Å². The molecule has 5 heteroatoms. The second-order valence-corrected chi connectivity index (χ2v) is 4.92. The molecule has 0 bridgehead atoms. The highest BCUT2D eigenvalue weighted by Gasteiger charge is 2.20. The van der Waals surface area contributed by atoms with Crippen molar-refractivity contribution in [2.24, 2.45) is 5.73 Å². The summed E-state index contributed by atoms with van der Waals surface area (Å²) in [6, 6.07) is 6.90. The van der Waals surface area contributed by atoms with Gasteiger partial charge in [-0.3, -0.25) is 9.59 Å². The van der Waals surface area contributed by atoms with Gasteiger partial charge < -0.3 is 16.0 Å². The largest absolute Gasteiger partial charge is 0.366 e. The predicted molar refractivity (Wildman–Crippen MR) is 72.9 cm³/mol. The predicted octanol–water partition coefficient (Wildman–Crippen LogP) is 0.609. The number of rotatable bonds is 4. The second kappa shape index (κ2) is 5.84. The van der Waals surface area contributed by atoms with E-state index in [1.807, 2.05) is 0 Å². The van der Waals surface area contributed by atoms with Crippen molar-refractivity contribution >= 4 is 11.8 Å². The third-order valence-corrected chi connectivity index (χ3v) is 3.40. The van der Waals surface area contributed by atoms with Crippen molar-refractivity contribution in [1.29, 1.82) is 0 Å². The molecule has 1 aliphatic heterocycles. The summed E-state index contributed by atoms with van der Waals surface area (Å²) < 4.78 is 0. The van der Waals surface area contributed by atoms with Crippen LogP contribution in [0.15, 0.2) is 24.3 Å². The van der Waals surface area contributed by atoms with Gasteiger partial charge in [0, 0.05) is 30.8 Å². The molecule has 1 unspecified atom stereocenters. The lowest BCUT2D eigenvalue weighted by Crippen LogP contribution is -2.38. The Balaban J connectivity index is 2.05. The monoisotopic (exact) mass is 261 g/mol. The number of likely N-dealkylation sites (N-methyl/N-ethyl adjacent to an activating group) is 1. The lowest BCUT2D eigenvalue weighted by Gasteiger charge is -2.21. The molecule has 1 aromatic carbocycles. The van der Waals surface area contributed by atoms with Crippen LogP contribution in [0.3, 0.4) is 0 Å². The Morgan fingerprint density at radius 1 is 1.42 bits per heavy atom. The fourth-order valence-electron chi connectivity index (χ4n) is 2.35. The summed E-state index contributed by atoms with van der Waals surface area (Å²) >= 11 is 0. The third kappa shape index (κ3) is 3.32. The Morgan fingerprint density at radius 2 is 2.16 bits per heavy atom. The van der Waals surface area contributed by atoms with Crippen LogP contribution in [-0.4, -0.2) is 42.9 Å². The minimum Gasteiger partial charge on any atom is -0.366 e. The van der Waals surface area contributed by atoms with Gasteiger partial charge in [-0.1, -0.05) is 6.07 Å². The Hall–Kier alpha value is -1.88. The lowest BCUT2D eigenvalue weighted by molar-refractivity contribution is 0.0784. The van der Waals surface area contributed by atoms with E-state index in [4.69, 9.17) is 5.73 Å². The zero-order valence-corrected chi connectivity index (χ0v) is 11.1. The van der Waals surface area contributed by atoms with Crippen molar-refractivity contribution in [3.05, 3.63) is 35.4 Å². The molecule has 0 aliphatic carbocycles. The number of nitrogens with two attached hydrogens (primary N) is 1. The fourth-order valence-corrected chi connectivity index (χ4v) is 2.35. The van der Waals surface area contributed by atoms with E-state index in [1.54, 1.807) is 36.2 Å². The Bertz CT molecular complexity index is 481. The minimum atomic E-state index is -0.519. The number of carbonyl (C=O) groups is 2. The minimum absolute atomic E-state index is 0.0863. The quantitative estimate of drug-likeness (QED) is 0.834. The number of primary amides is 1. The van der Waals surface area contributed by atoms with Gasteiger partial charge in [-0.05, 0) is 37.6 Å². The van der Waals surface area contributed by atoms with Crippen LogP contribution in [0.2, 0.25) is 0 Å². The van der Waals surface area contributed by atoms with Gasteiger partial charge in [0.25, 0.3) is 5.91 Å². The van der Waals surface area contributed by atoms with Gasteiger partial charge in [0.15, 0.2) is 0 Å². The number of carbonyl (C=O) groups excluding carboxylic acids is 2. The van der Waals surface area contributed by atoms with Crippen LogP contribution in [0.4, 0.5) is 0 Å². The highest BCUT2D eigenvalue weighted by molar-refractivity contribution is 5.99. The van der Waals surface area contributed by atoms with E-state index < -0.39 is 5.91 Å². The van der Waals surface area contributed by atoms with Crippen LogP contribution >= 0.6 is 0 Å². The Morgan fingerprint density at radius 3 is 2.79 bits per heavy atom. The summed E-state index contributed by atoms with van der Waals surface area (Å²) in [6.45, 7) is 1.70. The van der Waals surface area contributed by atoms with Crippen LogP contribution < -0.4 is 11.1 Å². The first-order valence-electron chi connectivity index (χ1n) is 6.46. The fraction of sp³-hybridized carbons (Fsp3) is 0.429. The summed E-state index contributed by atoms with van der Waals surface area (Å²) in [5.74, 6) is -0.605. The van der Waals surface area contributed by atoms with Crippen LogP contribution in [0.5, 0.6) is 0 Å². The summed E-state index contributed by atoms with van der Waals surface area (Å²) in [6.07, 6.45) is 2.25. The molecule has 1 heterocycles. The molecular weight excluding hydrogens is 242 g/mol. The molecule has 1 aromatic rings. The molecule has 1 fully saturated rings. The maximum atomic E-state index is 12.3. The molecule has 102 valence electrons. The maximum absolute atomic E-state index is 12.3. The van der Waals surface area contributed by atoms with Gasteiger partial charge >= 0.3 is 0 Å². The zero-order chi connectivity index (χ0) is 13.8. The lowest BCUT2D eigenvalue weighted by atomic mass is 10.1. The van der Waals surface area contributed by atoms with Crippen molar-refractivity contribution < 1.29 is 9.59 Å². The topological polar surface area (TPSA) is 75.4 Å². The van der Waals surface area contributed by atoms with E-state index in [-0.39, 0.29) is 5.91 Å². The third-order valence-electron chi connectivity index (χ3n) is 3.40. The van der Waals surface area contributed by atoms with Gasteiger partial charge in [0.05, 0.1) is 0 Å². The molecular formula is C14H19N3O2. The first kappa shape index (κ1) is 13.5. The maximum Gasteiger partial charge on any atom is 0.253 e. The molecule has 0 saturated carbocycles. The number of hydrogen-bond donors (Lipinski definition) is 2. The molecule has 0 spiro atoms. The number of hydrogen-bond acceptors (Lipinski definition) is 3. The van der Waals surface area contributed by atoms with E-state index >= 15 is 0 Å². The Labute approximate surface area is 112 Å². The van der Waals surface area contributed by atoms with Crippen LogP contribution in [0.25, 0.3) is 0 Å². The van der Waals surface area contributed by atoms with Gasteiger partial charge in [-0.15, -0.1) is 0 Å². The first-order chi connectivity index (χ1) is 9.08. The van der Waals surface area contributed by atoms with Crippen LogP contribution in [-0.2, 0) is 0 Å². The van der Waals surface area contributed by atoms with Crippen molar-refractivity contribution in [2.45, 2.75) is 18.9 Å². The summed E-state index contributed by atoms with van der Waals surface area (Å²) in [7, 11) is 1.78. The SMILES string of the molecule is CN(CC1CCCN1)C(=O)c1cccc(C(N)=O)c1. The first-order valence-corrected chi connectivity index (χ1v) is 6.46. The number of nitrogens with one attached hydrogen (secondary N) is 1. The van der Waals surface area contributed by atoms with Gasteiger partial charge in [-0.25, -0.2) is 0 Å². The van der Waals surface area contributed by atoms with Gasteiger partial charge in [0.2, 0.25) is 5.91 Å². The number of amides is 2. The summed E-state index contributed by atoms with van der Waals surface area (Å²) in [5, 5.41) is 3.36. The van der Waals surface area contributed by atoms with E-state index in [2.05, 4.69) is 5.32 Å². The average Bonchev–Trinajstić information content (AvgIpc) is 2.90. The highest BCUT2D eigenvalue weighted by atomic mass is 16.2. The molecule has 0 aromatic heterocycles. The van der Waals surface area contributed by atoms with E-state index in [0.29, 0.717) is 23.7 Å². The van der Waals surface area contributed by atoms with Crippen molar-refractivity contribution in [3.8, 4) is 0 Å². The molecule has 19 heavy (non-hydrogen) atoms. The molecule has 2 amide bonds. The molecule has 0 radical (unpaired) electrons. The summed E-state index contributed by atoms with van der Waals surface area (Å²) in [5.41, 5.74) is 6.07. The van der Waals surface area contributed by atoms with Crippen LogP contribution in [0, 0.1) is 0 Å². The normalized spacial score (nSPS) is 18.3. The standard InChI is InChI=1S/C14H19N3O2/c1-17(9-12-6-3-7-16-12)14(19)11-5-2-4-10(8-11)13(15)18/h2,4-5,8,12,16H,3,6-7,9H2,1H3,(H2,15,18). The molecule has 3 N–H and O–H groups in total. The summed E-state index contributed by atoms with van der Waals surface area (Å²) in [4.78, 5) is 25.0. The Kier molecular flexibility index (Phi) is 4.16. The van der Waals surface area contributed by atoms with E-state index in [9.17, 15) is 9.59 Å². The molecule has 1 atom stereocenters. The number of benzene rings is 1. The van der Waals surface area contributed by atoms with Crippen LogP contribution in [0.1, 0.15) is 33.6 Å². The van der Waals surface area contributed by atoms with E-state index in [0.717, 1.165) is 19.4 Å². The number of nitrogens with zero attached hydrogens (tertiary/aromatic N) is 1. The van der Waals surface area contributed by atoms with Crippen molar-refractivity contribution in [3.63, 3.8) is 0 Å².